The summed E-state index contributed by atoms with van der Waals surface area (Å²) in [7, 11) is 0. The number of ether oxygens (including phenoxy) is 2. The summed E-state index contributed by atoms with van der Waals surface area (Å²) < 4.78 is 12.5. The second kappa shape index (κ2) is 8.24. The first kappa shape index (κ1) is 19.9. The standard InChI is InChI=1S/C23H23ClN4O3/c1-16-21(22(24)28(25-16)18-5-3-2-4-6-18)23(29)27-11-9-26(10-12-27)14-17-7-8-19-20(13-17)31-15-30-19/h2-8,13H,9-12,14-15H2,1H3. The molecule has 1 aromatic heterocycles. The predicted octanol–water partition coefficient (Wildman–Crippen LogP) is 3.52. The van der Waals surface area contributed by atoms with Crippen LogP contribution < -0.4 is 9.47 Å². The van der Waals surface area contributed by atoms with Crippen molar-refractivity contribution in [2.75, 3.05) is 33.0 Å². The van der Waals surface area contributed by atoms with Gasteiger partial charge in [-0.05, 0) is 36.8 Å². The lowest BCUT2D eigenvalue weighted by Gasteiger charge is -2.34. The summed E-state index contributed by atoms with van der Waals surface area (Å²) in [5, 5.41) is 4.86. The Kier molecular flexibility index (Phi) is 5.29. The number of carbonyl (C=O) groups is 1. The van der Waals surface area contributed by atoms with Crippen LogP contribution in [0.1, 0.15) is 21.6 Å². The fourth-order valence-corrected chi connectivity index (χ4v) is 4.40. The fraction of sp³-hybridized carbons (Fsp3) is 0.304. The number of nitrogens with zero attached hydrogens (tertiary/aromatic N) is 4. The van der Waals surface area contributed by atoms with Crippen LogP contribution in [0, 0.1) is 6.92 Å². The zero-order valence-electron chi connectivity index (χ0n) is 17.3. The Morgan fingerprint density at radius 1 is 1.03 bits per heavy atom. The third-order valence-corrected chi connectivity index (χ3v) is 6.07. The number of aryl methyl sites for hydroxylation is 1. The summed E-state index contributed by atoms with van der Waals surface area (Å²) in [5.74, 6) is 1.53. The second-order valence-electron chi connectivity index (χ2n) is 7.75. The van der Waals surface area contributed by atoms with E-state index in [-0.39, 0.29) is 12.7 Å². The van der Waals surface area contributed by atoms with E-state index in [2.05, 4.69) is 16.1 Å². The summed E-state index contributed by atoms with van der Waals surface area (Å²) in [6.07, 6.45) is 0. The lowest BCUT2D eigenvalue weighted by molar-refractivity contribution is 0.0628. The van der Waals surface area contributed by atoms with Gasteiger partial charge in [-0.3, -0.25) is 9.69 Å². The van der Waals surface area contributed by atoms with Crippen molar-refractivity contribution in [3.8, 4) is 17.2 Å². The zero-order chi connectivity index (χ0) is 21.4. The maximum absolute atomic E-state index is 13.2. The van der Waals surface area contributed by atoms with Gasteiger partial charge < -0.3 is 14.4 Å². The molecule has 5 rings (SSSR count). The Labute approximate surface area is 185 Å². The van der Waals surface area contributed by atoms with Crippen LogP contribution in [-0.4, -0.2) is 58.5 Å². The van der Waals surface area contributed by atoms with Crippen molar-refractivity contribution >= 4 is 17.5 Å². The number of rotatable bonds is 4. The molecule has 2 aromatic carbocycles. The van der Waals surface area contributed by atoms with Gasteiger partial charge in [0.05, 0.1) is 16.9 Å². The molecule has 0 unspecified atom stereocenters. The number of carbonyl (C=O) groups excluding carboxylic acids is 1. The lowest BCUT2D eigenvalue weighted by Crippen LogP contribution is -2.48. The lowest BCUT2D eigenvalue weighted by atomic mass is 10.1. The van der Waals surface area contributed by atoms with Gasteiger partial charge in [0.1, 0.15) is 5.15 Å². The minimum Gasteiger partial charge on any atom is -0.454 e. The molecular weight excluding hydrogens is 416 g/mol. The first-order valence-corrected chi connectivity index (χ1v) is 10.7. The molecule has 0 bridgehead atoms. The molecule has 1 amide bonds. The van der Waals surface area contributed by atoms with Crippen molar-refractivity contribution in [1.82, 2.24) is 19.6 Å². The number of piperazine rings is 1. The molecule has 7 nitrogen and oxygen atoms in total. The Morgan fingerprint density at radius 2 is 1.77 bits per heavy atom. The molecule has 0 aliphatic carbocycles. The molecule has 160 valence electrons. The van der Waals surface area contributed by atoms with Crippen LogP contribution in [0.15, 0.2) is 48.5 Å². The summed E-state index contributed by atoms with van der Waals surface area (Å²) in [6, 6.07) is 15.7. The van der Waals surface area contributed by atoms with E-state index >= 15 is 0 Å². The first-order valence-electron chi connectivity index (χ1n) is 10.3. The average molecular weight is 439 g/mol. The van der Waals surface area contributed by atoms with Crippen LogP contribution >= 0.6 is 11.6 Å². The normalized spacial score (nSPS) is 16.0. The highest BCUT2D eigenvalue weighted by Crippen LogP contribution is 2.33. The van der Waals surface area contributed by atoms with E-state index in [1.807, 2.05) is 54.3 Å². The number of fused-ring (bicyclic) bond motifs is 1. The van der Waals surface area contributed by atoms with Gasteiger partial charge in [0.15, 0.2) is 11.5 Å². The minimum atomic E-state index is -0.0626. The number of hydrogen-bond acceptors (Lipinski definition) is 5. The summed E-state index contributed by atoms with van der Waals surface area (Å²) in [6.45, 7) is 5.81. The molecule has 1 fully saturated rings. The highest BCUT2D eigenvalue weighted by atomic mass is 35.5. The number of para-hydroxylation sites is 1. The van der Waals surface area contributed by atoms with Crippen LogP contribution in [0.4, 0.5) is 0 Å². The van der Waals surface area contributed by atoms with Crippen molar-refractivity contribution in [1.29, 1.82) is 0 Å². The quantitative estimate of drug-likeness (QED) is 0.623. The molecule has 2 aliphatic rings. The highest BCUT2D eigenvalue weighted by Gasteiger charge is 2.28. The second-order valence-corrected chi connectivity index (χ2v) is 8.11. The number of halogens is 1. The number of amides is 1. The van der Waals surface area contributed by atoms with E-state index in [4.69, 9.17) is 21.1 Å². The summed E-state index contributed by atoms with van der Waals surface area (Å²) >= 11 is 6.58. The van der Waals surface area contributed by atoms with Crippen molar-refractivity contribution < 1.29 is 14.3 Å². The van der Waals surface area contributed by atoms with Gasteiger partial charge in [-0.2, -0.15) is 5.10 Å². The largest absolute Gasteiger partial charge is 0.454 e. The van der Waals surface area contributed by atoms with Crippen molar-refractivity contribution in [2.24, 2.45) is 0 Å². The van der Waals surface area contributed by atoms with E-state index in [1.165, 1.54) is 5.56 Å². The maximum atomic E-state index is 13.2. The Bertz CT molecular complexity index is 1110. The smallest absolute Gasteiger partial charge is 0.258 e. The minimum absolute atomic E-state index is 0.0626. The van der Waals surface area contributed by atoms with Crippen LogP contribution in [0.25, 0.3) is 5.69 Å². The Morgan fingerprint density at radius 3 is 2.55 bits per heavy atom. The first-order chi connectivity index (χ1) is 15.1. The molecule has 3 aromatic rings. The summed E-state index contributed by atoms with van der Waals surface area (Å²) in [4.78, 5) is 17.4. The van der Waals surface area contributed by atoms with E-state index in [0.29, 0.717) is 29.5 Å². The van der Waals surface area contributed by atoms with Gasteiger partial charge in [-0.25, -0.2) is 4.68 Å². The van der Waals surface area contributed by atoms with Crippen molar-refractivity contribution in [2.45, 2.75) is 13.5 Å². The van der Waals surface area contributed by atoms with Gasteiger partial charge in [0.2, 0.25) is 6.79 Å². The number of benzene rings is 2. The average Bonchev–Trinajstić information content (AvgIpc) is 3.38. The molecule has 0 radical (unpaired) electrons. The predicted molar refractivity (Wildman–Crippen MR) is 117 cm³/mol. The van der Waals surface area contributed by atoms with Gasteiger partial charge in [0, 0.05) is 32.7 Å². The third kappa shape index (κ3) is 3.86. The van der Waals surface area contributed by atoms with Crippen molar-refractivity contribution in [3.05, 3.63) is 70.5 Å². The molecule has 3 heterocycles. The molecule has 0 saturated carbocycles. The van der Waals surface area contributed by atoms with Gasteiger partial charge in [-0.1, -0.05) is 35.9 Å². The van der Waals surface area contributed by atoms with Gasteiger partial charge in [-0.15, -0.1) is 0 Å². The zero-order valence-corrected chi connectivity index (χ0v) is 18.0. The molecule has 1 saturated heterocycles. The molecule has 31 heavy (non-hydrogen) atoms. The van der Waals surface area contributed by atoms with E-state index in [1.54, 1.807) is 4.68 Å². The van der Waals surface area contributed by atoms with E-state index in [9.17, 15) is 4.79 Å². The molecule has 0 spiro atoms. The van der Waals surface area contributed by atoms with Crippen LogP contribution in [0.2, 0.25) is 5.15 Å². The van der Waals surface area contributed by atoms with E-state index < -0.39 is 0 Å². The molecule has 0 atom stereocenters. The third-order valence-electron chi connectivity index (χ3n) is 5.72. The van der Waals surface area contributed by atoms with Gasteiger partial charge >= 0.3 is 0 Å². The summed E-state index contributed by atoms with van der Waals surface area (Å²) in [5.41, 5.74) is 3.13. The Balaban J connectivity index is 1.25. The van der Waals surface area contributed by atoms with Crippen LogP contribution in [0.5, 0.6) is 11.5 Å². The maximum Gasteiger partial charge on any atom is 0.258 e. The highest BCUT2D eigenvalue weighted by molar-refractivity contribution is 6.33. The monoisotopic (exact) mass is 438 g/mol. The molecule has 2 aliphatic heterocycles. The van der Waals surface area contributed by atoms with Crippen molar-refractivity contribution in [3.63, 3.8) is 0 Å². The molecule has 8 heteroatoms. The fourth-order valence-electron chi connectivity index (χ4n) is 4.05. The van der Waals surface area contributed by atoms with Gasteiger partial charge in [0.25, 0.3) is 5.91 Å². The van der Waals surface area contributed by atoms with Crippen LogP contribution in [-0.2, 0) is 6.54 Å². The Hall–Kier alpha value is -3.03. The molecular formula is C23H23ClN4O3. The SMILES string of the molecule is Cc1nn(-c2ccccc2)c(Cl)c1C(=O)N1CCN(Cc2ccc3c(c2)OCO3)CC1. The number of hydrogen-bond donors (Lipinski definition) is 0. The molecule has 0 N–H and O–H groups in total. The topological polar surface area (TPSA) is 59.8 Å². The van der Waals surface area contributed by atoms with Crippen LogP contribution in [0.3, 0.4) is 0 Å². The number of aromatic nitrogens is 2. The van der Waals surface area contributed by atoms with E-state index in [0.717, 1.165) is 36.8 Å².